The van der Waals surface area contributed by atoms with E-state index in [2.05, 4.69) is 5.10 Å². The average molecular weight is 242 g/mol. The summed E-state index contributed by atoms with van der Waals surface area (Å²) in [5, 5.41) is 3.92. The van der Waals surface area contributed by atoms with Gasteiger partial charge < -0.3 is 0 Å². The second-order valence-electron chi connectivity index (χ2n) is 4.24. The molecular formula is C14H14N2O2. The Morgan fingerprint density at radius 1 is 1.22 bits per heavy atom. The third-order valence-corrected chi connectivity index (χ3v) is 2.79. The molecule has 4 nitrogen and oxygen atoms in total. The first-order valence-electron chi connectivity index (χ1n) is 5.68. The Kier molecular flexibility index (Phi) is 3.37. The molecular weight excluding hydrogens is 228 g/mol. The van der Waals surface area contributed by atoms with E-state index in [9.17, 15) is 9.59 Å². The van der Waals surface area contributed by atoms with Crippen LogP contribution in [0, 0.1) is 6.92 Å². The van der Waals surface area contributed by atoms with Crippen LogP contribution < -0.4 is 0 Å². The van der Waals surface area contributed by atoms with Gasteiger partial charge in [0.05, 0.1) is 18.2 Å². The summed E-state index contributed by atoms with van der Waals surface area (Å²) in [6.07, 6.45) is 2.98. The first-order chi connectivity index (χ1) is 8.58. The molecule has 0 bridgehead atoms. The molecule has 18 heavy (non-hydrogen) atoms. The fourth-order valence-electron chi connectivity index (χ4n) is 1.79. The molecule has 0 radical (unpaired) electrons. The van der Waals surface area contributed by atoms with E-state index in [0.29, 0.717) is 11.1 Å². The molecule has 0 atom stereocenters. The zero-order valence-corrected chi connectivity index (χ0v) is 10.4. The molecule has 0 amide bonds. The lowest BCUT2D eigenvalue weighted by Gasteiger charge is -2.03. The highest BCUT2D eigenvalue weighted by Gasteiger charge is 2.15. The third-order valence-electron chi connectivity index (χ3n) is 2.79. The Balaban J connectivity index is 2.13. The fraction of sp³-hybridized carbons (Fsp3) is 0.214. The average Bonchev–Trinajstić information content (AvgIpc) is 2.76. The Morgan fingerprint density at radius 2 is 1.94 bits per heavy atom. The van der Waals surface area contributed by atoms with Gasteiger partial charge in [0.1, 0.15) is 0 Å². The first-order valence-corrected chi connectivity index (χ1v) is 5.68. The maximum atomic E-state index is 12.0. The Bertz CT molecular complexity index is 599. The summed E-state index contributed by atoms with van der Waals surface area (Å²) in [5.41, 5.74) is 1.97. The maximum absolute atomic E-state index is 12.0. The first kappa shape index (κ1) is 12.2. The highest BCUT2D eigenvalue weighted by molar-refractivity contribution is 6.13. The molecule has 0 saturated heterocycles. The minimum absolute atomic E-state index is 0.115. The molecule has 4 heteroatoms. The van der Waals surface area contributed by atoms with Crippen molar-refractivity contribution in [3.05, 3.63) is 53.3 Å². The number of ketones is 2. The zero-order valence-electron chi connectivity index (χ0n) is 10.4. The van der Waals surface area contributed by atoms with Gasteiger partial charge >= 0.3 is 0 Å². The van der Waals surface area contributed by atoms with Gasteiger partial charge in [0.25, 0.3) is 0 Å². The molecule has 1 aromatic heterocycles. The minimum atomic E-state index is -0.198. The number of carbonyl (C=O) groups excluding carboxylic acids is 2. The molecule has 0 aliphatic carbocycles. The second kappa shape index (κ2) is 4.96. The lowest BCUT2D eigenvalue weighted by atomic mass is 10.00. The summed E-state index contributed by atoms with van der Waals surface area (Å²) >= 11 is 0. The molecule has 0 N–H and O–H groups in total. The predicted molar refractivity (Wildman–Crippen MR) is 67.7 cm³/mol. The molecule has 0 fully saturated rings. The van der Waals surface area contributed by atoms with Gasteiger partial charge in [-0.15, -0.1) is 0 Å². The van der Waals surface area contributed by atoms with Gasteiger partial charge in [-0.1, -0.05) is 24.3 Å². The summed E-state index contributed by atoms with van der Waals surface area (Å²) in [4.78, 5) is 23.9. The van der Waals surface area contributed by atoms with Crippen molar-refractivity contribution in [3.8, 4) is 0 Å². The molecule has 1 aromatic carbocycles. The lowest BCUT2D eigenvalue weighted by molar-refractivity contribution is 0.0894. The summed E-state index contributed by atoms with van der Waals surface area (Å²) in [6.45, 7) is 1.86. The molecule has 0 spiro atoms. The van der Waals surface area contributed by atoms with Gasteiger partial charge in [0.2, 0.25) is 0 Å². The fourth-order valence-corrected chi connectivity index (χ4v) is 1.79. The van der Waals surface area contributed by atoms with Gasteiger partial charge in [0, 0.05) is 18.8 Å². The van der Waals surface area contributed by atoms with E-state index in [1.807, 2.05) is 19.1 Å². The molecule has 1 heterocycles. The number of aromatic nitrogens is 2. The van der Waals surface area contributed by atoms with Crippen LogP contribution in [0.5, 0.6) is 0 Å². The predicted octanol–water partition coefficient (Wildman–Crippen LogP) is 2.18. The van der Waals surface area contributed by atoms with Crippen LogP contribution in [0.2, 0.25) is 0 Å². The van der Waals surface area contributed by atoms with Crippen molar-refractivity contribution in [2.24, 2.45) is 7.05 Å². The van der Waals surface area contributed by atoms with E-state index >= 15 is 0 Å². The Labute approximate surface area is 105 Å². The van der Waals surface area contributed by atoms with E-state index in [1.54, 1.807) is 30.1 Å². The van der Waals surface area contributed by atoms with Gasteiger partial charge in [-0.3, -0.25) is 14.3 Å². The van der Waals surface area contributed by atoms with Crippen LogP contribution in [-0.2, 0) is 7.05 Å². The van der Waals surface area contributed by atoms with Gasteiger partial charge in [-0.05, 0) is 12.5 Å². The number of carbonyl (C=O) groups is 2. The monoisotopic (exact) mass is 242 g/mol. The van der Waals surface area contributed by atoms with E-state index in [-0.39, 0.29) is 18.0 Å². The molecule has 92 valence electrons. The van der Waals surface area contributed by atoms with Crippen LogP contribution in [-0.4, -0.2) is 21.3 Å². The van der Waals surface area contributed by atoms with Crippen molar-refractivity contribution in [3.63, 3.8) is 0 Å². The summed E-state index contributed by atoms with van der Waals surface area (Å²) < 4.78 is 1.55. The van der Waals surface area contributed by atoms with E-state index in [4.69, 9.17) is 0 Å². The SMILES string of the molecule is Cc1ccccc1C(=O)CC(=O)c1cnn(C)c1. The second-order valence-corrected chi connectivity index (χ2v) is 4.24. The van der Waals surface area contributed by atoms with E-state index in [1.165, 1.54) is 6.20 Å². The van der Waals surface area contributed by atoms with Crippen molar-refractivity contribution < 1.29 is 9.59 Å². The summed E-state index contributed by atoms with van der Waals surface area (Å²) in [7, 11) is 1.74. The topological polar surface area (TPSA) is 52.0 Å². The highest BCUT2D eigenvalue weighted by atomic mass is 16.1. The smallest absolute Gasteiger partial charge is 0.173 e. The molecule has 2 rings (SSSR count). The van der Waals surface area contributed by atoms with Crippen molar-refractivity contribution >= 4 is 11.6 Å². The maximum Gasteiger partial charge on any atom is 0.173 e. The number of Topliss-reactive ketones (excluding diaryl/α,β-unsaturated/α-hetero) is 2. The van der Waals surface area contributed by atoms with Crippen molar-refractivity contribution in [2.75, 3.05) is 0 Å². The Morgan fingerprint density at radius 3 is 2.56 bits per heavy atom. The van der Waals surface area contributed by atoms with Crippen LogP contribution in [0.25, 0.3) is 0 Å². The Hall–Kier alpha value is -2.23. The summed E-state index contributed by atoms with van der Waals surface area (Å²) in [5.74, 6) is -0.349. The molecule has 0 aliphatic rings. The minimum Gasteiger partial charge on any atom is -0.294 e. The van der Waals surface area contributed by atoms with Crippen molar-refractivity contribution in [1.82, 2.24) is 9.78 Å². The highest BCUT2D eigenvalue weighted by Crippen LogP contribution is 2.12. The quantitative estimate of drug-likeness (QED) is 0.610. The molecule has 0 unspecified atom stereocenters. The van der Waals surface area contributed by atoms with Crippen LogP contribution in [0.4, 0.5) is 0 Å². The number of rotatable bonds is 4. The third kappa shape index (κ3) is 2.53. The standard InChI is InChI=1S/C14H14N2O2/c1-10-5-3-4-6-12(10)14(18)7-13(17)11-8-15-16(2)9-11/h3-6,8-9H,7H2,1-2H3. The van der Waals surface area contributed by atoms with Crippen molar-refractivity contribution in [1.29, 1.82) is 0 Å². The van der Waals surface area contributed by atoms with Crippen LogP contribution in [0.15, 0.2) is 36.7 Å². The number of aryl methyl sites for hydroxylation is 2. The van der Waals surface area contributed by atoms with Crippen LogP contribution >= 0.6 is 0 Å². The van der Waals surface area contributed by atoms with Crippen molar-refractivity contribution in [2.45, 2.75) is 13.3 Å². The molecule has 0 aliphatic heterocycles. The van der Waals surface area contributed by atoms with Gasteiger partial charge in [0.15, 0.2) is 11.6 Å². The van der Waals surface area contributed by atoms with E-state index in [0.717, 1.165) is 5.56 Å². The van der Waals surface area contributed by atoms with Crippen LogP contribution in [0.3, 0.4) is 0 Å². The molecule has 2 aromatic rings. The zero-order chi connectivity index (χ0) is 13.1. The normalized spacial score (nSPS) is 10.3. The molecule has 0 saturated carbocycles. The number of hydrogen-bond acceptors (Lipinski definition) is 3. The summed E-state index contributed by atoms with van der Waals surface area (Å²) in [6, 6.07) is 7.28. The van der Waals surface area contributed by atoms with Gasteiger partial charge in [-0.2, -0.15) is 5.10 Å². The largest absolute Gasteiger partial charge is 0.294 e. The number of hydrogen-bond donors (Lipinski definition) is 0. The number of nitrogens with zero attached hydrogens (tertiary/aromatic N) is 2. The number of benzene rings is 1. The van der Waals surface area contributed by atoms with E-state index < -0.39 is 0 Å². The lowest BCUT2D eigenvalue weighted by Crippen LogP contribution is -2.09. The van der Waals surface area contributed by atoms with Crippen LogP contribution in [0.1, 0.15) is 32.7 Å². The van der Waals surface area contributed by atoms with Gasteiger partial charge in [-0.25, -0.2) is 0 Å².